The molecule has 0 aliphatic carbocycles. The zero-order chi connectivity index (χ0) is 12.3. The standard InChI is InChI=1S/C10H10ClF2NO2/c1-5-6(10(12)13)3-8(11)14-7(5)4-9(15)16-2/h3,10H,4H2,1-2H3. The van der Waals surface area contributed by atoms with Crippen LogP contribution in [0.25, 0.3) is 0 Å². The Bertz CT molecular complexity index is 410. The molecular formula is C10H10ClF2NO2. The van der Waals surface area contributed by atoms with E-state index in [1.165, 1.54) is 14.0 Å². The summed E-state index contributed by atoms with van der Waals surface area (Å²) in [6, 6.07) is 1.10. The first-order valence-electron chi connectivity index (χ1n) is 4.46. The van der Waals surface area contributed by atoms with Gasteiger partial charge in [0, 0.05) is 5.56 Å². The largest absolute Gasteiger partial charge is 0.469 e. The van der Waals surface area contributed by atoms with Crippen molar-refractivity contribution in [2.24, 2.45) is 0 Å². The van der Waals surface area contributed by atoms with E-state index in [4.69, 9.17) is 11.6 Å². The molecule has 0 radical (unpaired) electrons. The van der Waals surface area contributed by atoms with E-state index in [-0.39, 0.29) is 28.4 Å². The molecule has 0 N–H and O–H groups in total. The van der Waals surface area contributed by atoms with Crippen molar-refractivity contribution in [3.8, 4) is 0 Å². The number of carbonyl (C=O) groups is 1. The Morgan fingerprint density at radius 3 is 2.75 bits per heavy atom. The number of alkyl halides is 2. The quantitative estimate of drug-likeness (QED) is 0.611. The summed E-state index contributed by atoms with van der Waals surface area (Å²) in [5.41, 5.74) is 0.276. The molecule has 16 heavy (non-hydrogen) atoms. The van der Waals surface area contributed by atoms with Crippen molar-refractivity contribution < 1.29 is 18.3 Å². The lowest BCUT2D eigenvalue weighted by atomic mass is 10.1. The molecule has 0 atom stereocenters. The van der Waals surface area contributed by atoms with Crippen LogP contribution >= 0.6 is 11.6 Å². The molecule has 3 nitrogen and oxygen atoms in total. The van der Waals surface area contributed by atoms with Gasteiger partial charge in [-0.05, 0) is 18.6 Å². The van der Waals surface area contributed by atoms with Crippen molar-refractivity contribution in [3.05, 3.63) is 28.0 Å². The van der Waals surface area contributed by atoms with Crippen molar-refractivity contribution >= 4 is 17.6 Å². The number of aromatic nitrogens is 1. The Morgan fingerprint density at radius 1 is 1.62 bits per heavy atom. The fraction of sp³-hybridized carbons (Fsp3) is 0.400. The molecule has 0 unspecified atom stereocenters. The highest BCUT2D eigenvalue weighted by Crippen LogP contribution is 2.26. The second-order valence-electron chi connectivity index (χ2n) is 3.16. The van der Waals surface area contributed by atoms with Gasteiger partial charge in [-0.2, -0.15) is 0 Å². The van der Waals surface area contributed by atoms with Gasteiger partial charge in [0.25, 0.3) is 6.43 Å². The van der Waals surface area contributed by atoms with Crippen LogP contribution in [0.15, 0.2) is 6.07 Å². The van der Waals surface area contributed by atoms with Gasteiger partial charge in [-0.15, -0.1) is 0 Å². The summed E-state index contributed by atoms with van der Waals surface area (Å²) in [4.78, 5) is 14.9. The van der Waals surface area contributed by atoms with Crippen LogP contribution in [0.1, 0.15) is 23.2 Å². The van der Waals surface area contributed by atoms with E-state index in [0.717, 1.165) is 6.07 Å². The fourth-order valence-corrected chi connectivity index (χ4v) is 1.48. The Hall–Kier alpha value is -1.23. The molecule has 0 aliphatic heterocycles. The Kier molecular flexibility index (Phi) is 4.18. The van der Waals surface area contributed by atoms with Gasteiger partial charge >= 0.3 is 5.97 Å². The van der Waals surface area contributed by atoms with Crippen molar-refractivity contribution in [1.82, 2.24) is 4.98 Å². The third-order valence-electron chi connectivity index (χ3n) is 2.16. The number of ether oxygens (including phenoxy) is 1. The highest BCUT2D eigenvalue weighted by molar-refractivity contribution is 6.29. The molecule has 88 valence electrons. The highest BCUT2D eigenvalue weighted by Gasteiger charge is 2.17. The SMILES string of the molecule is COC(=O)Cc1nc(Cl)cc(C(F)F)c1C. The second-order valence-corrected chi connectivity index (χ2v) is 3.55. The van der Waals surface area contributed by atoms with Crippen molar-refractivity contribution in [1.29, 1.82) is 0 Å². The van der Waals surface area contributed by atoms with Gasteiger partial charge in [0.15, 0.2) is 0 Å². The smallest absolute Gasteiger partial charge is 0.311 e. The molecule has 0 bridgehead atoms. The van der Waals surface area contributed by atoms with Crippen LogP contribution in [-0.2, 0) is 16.0 Å². The summed E-state index contributed by atoms with van der Waals surface area (Å²) in [7, 11) is 1.22. The molecule has 1 rings (SSSR count). The van der Waals surface area contributed by atoms with Crippen LogP contribution in [0.3, 0.4) is 0 Å². The molecule has 1 aromatic rings. The first-order valence-corrected chi connectivity index (χ1v) is 4.84. The number of hydrogen-bond donors (Lipinski definition) is 0. The van der Waals surface area contributed by atoms with E-state index >= 15 is 0 Å². The average molecular weight is 250 g/mol. The lowest BCUT2D eigenvalue weighted by Crippen LogP contribution is -2.09. The van der Waals surface area contributed by atoms with Crippen LogP contribution in [0.4, 0.5) is 8.78 Å². The number of carbonyl (C=O) groups excluding carboxylic acids is 1. The predicted molar refractivity (Wildman–Crippen MR) is 54.7 cm³/mol. The molecule has 0 aliphatic rings. The number of rotatable bonds is 3. The van der Waals surface area contributed by atoms with Crippen molar-refractivity contribution in [3.63, 3.8) is 0 Å². The molecule has 0 spiro atoms. The molecule has 6 heteroatoms. The van der Waals surface area contributed by atoms with Gasteiger partial charge in [-0.3, -0.25) is 4.79 Å². The Labute approximate surface area is 96.4 Å². The third-order valence-corrected chi connectivity index (χ3v) is 2.35. The summed E-state index contributed by atoms with van der Waals surface area (Å²) in [5.74, 6) is -0.543. The first-order chi connectivity index (χ1) is 7.45. The zero-order valence-corrected chi connectivity index (χ0v) is 9.52. The summed E-state index contributed by atoms with van der Waals surface area (Å²) in [6.45, 7) is 1.48. The minimum atomic E-state index is -2.64. The lowest BCUT2D eigenvalue weighted by molar-refractivity contribution is -0.139. The van der Waals surface area contributed by atoms with Gasteiger partial charge in [-0.25, -0.2) is 13.8 Å². The molecule has 0 fully saturated rings. The molecular weight excluding hydrogens is 240 g/mol. The molecule has 0 amide bonds. The zero-order valence-electron chi connectivity index (χ0n) is 8.76. The maximum Gasteiger partial charge on any atom is 0.311 e. The second kappa shape index (κ2) is 5.21. The number of methoxy groups -OCH3 is 1. The van der Waals surface area contributed by atoms with Gasteiger partial charge in [-0.1, -0.05) is 11.6 Å². The first kappa shape index (κ1) is 12.8. The number of pyridine rings is 1. The van der Waals surface area contributed by atoms with E-state index in [9.17, 15) is 13.6 Å². The molecule has 1 heterocycles. The Morgan fingerprint density at radius 2 is 2.25 bits per heavy atom. The van der Waals surface area contributed by atoms with Crippen LogP contribution in [0, 0.1) is 6.92 Å². The molecule has 1 aromatic heterocycles. The van der Waals surface area contributed by atoms with Gasteiger partial charge in [0.05, 0.1) is 19.2 Å². The van der Waals surface area contributed by atoms with Gasteiger partial charge < -0.3 is 4.74 Å². The van der Waals surface area contributed by atoms with Gasteiger partial charge in [0.1, 0.15) is 5.15 Å². The van der Waals surface area contributed by atoms with E-state index in [2.05, 4.69) is 9.72 Å². The van der Waals surface area contributed by atoms with E-state index in [1.54, 1.807) is 0 Å². The van der Waals surface area contributed by atoms with Crippen LogP contribution in [-0.4, -0.2) is 18.1 Å². The maximum atomic E-state index is 12.6. The minimum Gasteiger partial charge on any atom is -0.469 e. The highest BCUT2D eigenvalue weighted by atomic mass is 35.5. The number of hydrogen-bond acceptors (Lipinski definition) is 3. The Balaban J connectivity index is 3.14. The maximum absolute atomic E-state index is 12.6. The molecule has 0 aromatic carbocycles. The van der Waals surface area contributed by atoms with E-state index in [0.29, 0.717) is 0 Å². The third kappa shape index (κ3) is 2.88. The van der Waals surface area contributed by atoms with Crippen LogP contribution in [0.5, 0.6) is 0 Å². The summed E-state index contributed by atoms with van der Waals surface area (Å²) in [6.07, 6.45) is -2.81. The minimum absolute atomic E-state index is 0.0557. The summed E-state index contributed by atoms with van der Waals surface area (Å²) in [5, 5.41) is -0.0557. The monoisotopic (exact) mass is 249 g/mol. The fourth-order valence-electron chi connectivity index (χ4n) is 1.26. The molecule has 0 saturated carbocycles. The molecule has 0 saturated heterocycles. The van der Waals surface area contributed by atoms with Crippen LogP contribution in [0.2, 0.25) is 5.15 Å². The number of halogens is 3. The topological polar surface area (TPSA) is 39.2 Å². The lowest BCUT2D eigenvalue weighted by Gasteiger charge is -2.09. The van der Waals surface area contributed by atoms with Crippen LogP contribution < -0.4 is 0 Å². The predicted octanol–water partition coefficient (Wildman–Crippen LogP) is 2.70. The van der Waals surface area contributed by atoms with Crippen molar-refractivity contribution in [2.45, 2.75) is 19.8 Å². The van der Waals surface area contributed by atoms with Crippen molar-refractivity contribution in [2.75, 3.05) is 7.11 Å². The average Bonchev–Trinajstić information content (AvgIpc) is 2.22. The number of nitrogens with zero attached hydrogens (tertiary/aromatic N) is 1. The normalized spacial score (nSPS) is 10.6. The van der Waals surface area contributed by atoms with Gasteiger partial charge in [0.2, 0.25) is 0 Å². The van der Waals surface area contributed by atoms with E-state index in [1.807, 2.05) is 0 Å². The summed E-state index contributed by atoms with van der Waals surface area (Å²) < 4.78 is 29.6. The van der Waals surface area contributed by atoms with E-state index < -0.39 is 12.4 Å². The summed E-state index contributed by atoms with van der Waals surface area (Å²) >= 11 is 5.60. The number of esters is 1.